The molecule has 10 heteroatoms. The lowest BCUT2D eigenvalue weighted by atomic mass is 10.2. The topological polar surface area (TPSA) is 123 Å². The second-order valence-electron chi connectivity index (χ2n) is 7.07. The molecule has 0 aromatic heterocycles. The Morgan fingerprint density at radius 1 is 1.13 bits per heavy atom. The number of aliphatic imine (C=N–C) groups is 1. The lowest BCUT2D eigenvalue weighted by molar-refractivity contribution is -0.125. The van der Waals surface area contributed by atoms with E-state index in [4.69, 9.17) is 0 Å². The molecule has 0 bridgehead atoms. The molecule has 10 nitrogen and oxygen atoms in total. The number of nitrogens with one attached hydrogen (secondary N) is 3. The van der Waals surface area contributed by atoms with Crippen molar-refractivity contribution in [1.29, 1.82) is 0 Å². The number of urea groups is 1. The van der Waals surface area contributed by atoms with Crippen LogP contribution in [0.25, 0.3) is 0 Å². The maximum atomic E-state index is 12.8. The quantitative estimate of drug-likeness (QED) is 0.623. The van der Waals surface area contributed by atoms with Crippen LogP contribution in [-0.2, 0) is 20.9 Å². The highest BCUT2D eigenvalue weighted by atomic mass is 16.2. The first kappa shape index (κ1) is 20.1. The second-order valence-corrected chi connectivity index (χ2v) is 7.07. The maximum Gasteiger partial charge on any atom is 0.324 e. The standard InChI is InChI=1S/C21H20N6O4/c1-13-20(30)27(16-8-3-2-4-9-16)25-18(23-13)19(29)24-15-7-5-6-14(10-15)12-26-17(28)11-22-21(26)31/h2-10,13H,11-12H2,1H3,(H,22,31)(H,23,25)(H,24,29). The number of carbonyl (C=O) groups is 4. The van der Waals surface area contributed by atoms with E-state index in [1.807, 2.05) is 6.07 Å². The van der Waals surface area contributed by atoms with E-state index in [9.17, 15) is 19.2 Å². The van der Waals surface area contributed by atoms with Gasteiger partial charge in [0.15, 0.2) is 0 Å². The third kappa shape index (κ3) is 4.22. The van der Waals surface area contributed by atoms with Crippen LogP contribution in [0, 0.1) is 0 Å². The van der Waals surface area contributed by atoms with E-state index in [0.717, 1.165) is 4.90 Å². The normalized spacial score (nSPS) is 18.4. The minimum Gasteiger partial charge on any atom is -0.329 e. The number of rotatable bonds is 5. The molecule has 3 N–H and O–H groups in total. The fourth-order valence-corrected chi connectivity index (χ4v) is 3.24. The van der Waals surface area contributed by atoms with Gasteiger partial charge in [0.25, 0.3) is 11.8 Å². The number of imide groups is 1. The van der Waals surface area contributed by atoms with Gasteiger partial charge in [-0.2, -0.15) is 0 Å². The number of para-hydroxylation sites is 1. The van der Waals surface area contributed by atoms with Crippen molar-refractivity contribution in [2.75, 3.05) is 16.9 Å². The third-order valence-corrected chi connectivity index (χ3v) is 4.81. The van der Waals surface area contributed by atoms with Crippen LogP contribution in [0.15, 0.2) is 59.6 Å². The molecule has 0 aliphatic carbocycles. The summed E-state index contributed by atoms with van der Waals surface area (Å²) in [6.07, 6.45) is 0. The largest absolute Gasteiger partial charge is 0.329 e. The number of amidine groups is 1. The molecule has 1 unspecified atom stereocenters. The van der Waals surface area contributed by atoms with E-state index >= 15 is 0 Å². The summed E-state index contributed by atoms with van der Waals surface area (Å²) in [6.45, 7) is 1.70. The fourth-order valence-electron chi connectivity index (χ4n) is 3.24. The summed E-state index contributed by atoms with van der Waals surface area (Å²) in [5, 5.41) is 6.49. The van der Waals surface area contributed by atoms with Gasteiger partial charge in [0.2, 0.25) is 11.7 Å². The summed E-state index contributed by atoms with van der Waals surface area (Å²) in [5.74, 6) is -1.11. The third-order valence-electron chi connectivity index (χ3n) is 4.81. The summed E-state index contributed by atoms with van der Waals surface area (Å²) in [6, 6.07) is 14.5. The zero-order valence-electron chi connectivity index (χ0n) is 16.7. The van der Waals surface area contributed by atoms with Gasteiger partial charge in [-0.05, 0) is 36.8 Å². The molecule has 2 aliphatic rings. The van der Waals surface area contributed by atoms with E-state index in [0.29, 0.717) is 16.9 Å². The smallest absolute Gasteiger partial charge is 0.324 e. The minimum atomic E-state index is -0.728. The number of carbonyl (C=O) groups excluding carboxylic acids is 4. The van der Waals surface area contributed by atoms with Crippen molar-refractivity contribution < 1.29 is 19.2 Å². The van der Waals surface area contributed by atoms with Crippen molar-refractivity contribution in [2.45, 2.75) is 19.5 Å². The summed E-state index contributed by atoms with van der Waals surface area (Å²) in [7, 11) is 0. The van der Waals surface area contributed by atoms with Crippen molar-refractivity contribution in [1.82, 2.24) is 15.6 Å². The van der Waals surface area contributed by atoms with Crippen LogP contribution in [0.1, 0.15) is 12.5 Å². The maximum absolute atomic E-state index is 12.8. The highest BCUT2D eigenvalue weighted by Gasteiger charge is 2.31. The zero-order chi connectivity index (χ0) is 22.0. The first-order valence-electron chi connectivity index (χ1n) is 9.64. The molecule has 2 heterocycles. The average Bonchev–Trinajstić information content (AvgIpc) is 3.08. The number of nitrogens with zero attached hydrogens (tertiary/aromatic N) is 3. The van der Waals surface area contributed by atoms with Crippen LogP contribution in [0.5, 0.6) is 0 Å². The fraction of sp³-hybridized carbons (Fsp3) is 0.190. The molecule has 2 aromatic carbocycles. The summed E-state index contributed by atoms with van der Waals surface area (Å²) in [5.41, 5.74) is 4.51. The van der Waals surface area contributed by atoms with Gasteiger partial charge < -0.3 is 10.6 Å². The first-order valence-corrected chi connectivity index (χ1v) is 9.64. The highest BCUT2D eigenvalue weighted by molar-refractivity contribution is 6.43. The molecule has 0 spiro atoms. The number of amides is 5. The molecule has 5 amide bonds. The zero-order valence-corrected chi connectivity index (χ0v) is 16.7. The van der Waals surface area contributed by atoms with Crippen molar-refractivity contribution in [3.05, 3.63) is 60.2 Å². The number of benzene rings is 2. The van der Waals surface area contributed by atoms with Gasteiger partial charge in [-0.3, -0.25) is 24.7 Å². The van der Waals surface area contributed by atoms with Gasteiger partial charge in [0, 0.05) is 5.69 Å². The lowest BCUT2D eigenvalue weighted by Gasteiger charge is -2.30. The van der Waals surface area contributed by atoms with E-state index in [1.54, 1.807) is 55.5 Å². The molecule has 158 valence electrons. The van der Waals surface area contributed by atoms with Crippen LogP contribution < -0.4 is 21.1 Å². The number of hydrogen-bond donors (Lipinski definition) is 3. The molecular weight excluding hydrogens is 400 g/mol. The Bertz CT molecular complexity index is 1070. The Labute approximate surface area is 177 Å². The molecule has 1 atom stereocenters. The Morgan fingerprint density at radius 3 is 2.61 bits per heavy atom. The lowest BCUT2D eigenvalue weighted by Crippen LogP contribution is -2.57. The molecule has 0 radical (unpaired) electrons. The minimum absolute atomic E-state index is 0.00421. The highest BCUT2D eigenvalue weighted by Crippen LogP contribution is 2.17. The number of hydrogen-bond acceptors (Lipinski definition) is 6. The van der Waals surface area contributed by atoms with E-state index in [2.05, 4.69) is 21.1 Å². The SMILES string of the molecule is CC1N=C(C(=O)Nc2cccc(CN3C(=O)CNC3=O)c2)NN(c2ccccc2)C1=O. The Kier molecular flexibility index (Phi) is 5.35. The second kappa shape index (κ2) is 8.27. The van der Waals surface area contributed by atoms with Crippen LogP contribution in [-0.4, -0.2) is 47.1 Å². The predicted octanol–water partition coefficient (Wildman–Crippen LogP) is 1.02. The monoisotopic (exact) mass is 420 g/mol. The molecule has 1 fully saturated rings. The Hall–Kier alpha value is -4.21. The van der Waals surface area contributed by atoms with E-state index in [-0.39, 0.29) is 30.7 Å². The van der Waals surface area contributed by atoms with E-state index in [1.165, 1.54) is 5.01 Å². The van der Waals surface area contributed by atoms with Crippen LogP contribution in [0.3, 0.4) is 0 Å². The molecule has 1 saturated heterocycles. The van der Waals surface area contributed by atoms with Gasteiger partial charge in [-0.15, -0.1) is 0 Å². The molecule has 2 aliphatic heterocycles. The molecule has 31 heavy (non-hydrogen) atoms. The summed E-state index contributed by atoms with van der Waals surface area (Å²) >= 11 is 0. The van der Waals surface area contributed by atoms with Gasteiger partial charge >= 0.3 is 6.03 Å². The Morgan fingerprint density at radius 2 is 1.90 bits per heavy atom. The summed E-state index contributed by atoms with van der Waals surface area (Å²) < 4.78 is 0. The van der Waals surface area contributed by atoms with Gasteiger partial charge in [-0.1, -0.05) is 30.3 Å². The van der Waals surface area contributed by atoms with Crippen molar-refractivity contribution in [2.24, 2.45) is 4.99 Å². The molecular formula is C21H20N6O4. The van der Waals surface area contributed by atoms with Gasteiger partial charge in [-0.25, -0.2) is 14.8 Å². The predicted molar refractivity (Wildman–Crippen MR) is 113 cm³/mol. The van der Waals surface area contributed by atoms with Crippen LogP contribution >= 0.6 is 0 Å². The van der Waals surface area contributed by atoms with Crippen LogP contribution in [0.4, 0.5) is 16.2 Å². The first-order chi connectivity index (χ1) is 14.9. The molecule has 0 saturated carbocycles. The van der Waals surface area contributed by atoms with Crippen LogP contribution in [0.2, 0.25) is 0 Å². The average molecular weight is 420 g/mol. The number of anilines is 2. The van der Waals surface area contributed by atoms with Crippen molar-refractivity contribution in [3.63, 3.8) is 0 Å². The molecule has 4 rings (SSSR count). The molecule has 2 aromatic rings. The Balaban J connectivity index is 1.48. The van der Waals surface area contributed by atoms with Crippen molar-refractivity contribution >= 4 is 41.0 Å². The summed E-state index contributed by atoms with van der Waals surface area (Å²) in [4.78, 5) is 54.0. The van der Waals surface area contributed by atoms with Gasteiger partial charge in [0.1, 0.15) is 6.04 Å². The van der Waals surface area contributed by atoms with Gasteiger partial charge in [0.05, 0.1) is 18.8 Å². The number of hydrazine groups is 1. The van der Waals surface area contributed by atoms with Crippen molar-refractivity contribution in [3.8, 4) is 0 Å². The van der Waals surface area contributed by atoms with E-state index < -0.39 is 18.0 Å².